The third-order valence-electron chi connectivity index (χ3n) is 6.20. The molecule has 1 aliphatic carbocycles. The standard InChI is InChI=1S/C21H31N5O2/c1-15(2)18-14-25(10-7-20(27)26(18)13-16-5-6-16)19-12-22-11-17(23-19)21(28)24-8-3-4-9-24/h11-12,15-16,18H,3-10,13-14H2,1-2H3/t18-/m0/s1. The van der Waals surface area contributed by atoms with Crippen LogP contribution in [0.4, 0.5) is 5.82 Å². The largest absolute Gasteiger partial charge is 0.353 e. The van der Waals surface area contributed by atoms with E-state index in [0.29, 0.717) is 36.3 Å². The molecule has 2 aliphatic heterocycles. The zero-order valence-corrected chi connectivity index (χ0v) is 17.0. The molecule has 3 fully saturated rings. The van der Waals surface area contributed by atoms with Crippen molar-refractivity contribution in [2.75, 3.05) is 37.6 Å². The highest BCUT2D eigenvalue weighted by Crippen LogP contribution is 2.32. The molecule has 1 saturated carbocycles. The molecule has 3 aliphatic rings. The molecular formula is C21H31N5O2. The van der Waals surface area contributed by atoms with Crippen LogP contribution >= 0.6 is 0 Å². The minimum absolute atomic E-state index is 0.0338. The van der Waals surface area contributed by atoms with Gasteiger partial charge in [0.05, 0.1) is 18.4 Å². The van der Waals surface area contributed by atoms with Gasteiger partial charge in [-0.05, 0) is 37.5 Å². The number of carbonyl (C=O) groups is 2. The summed E-state index contributed by atoms with van der Waals surface area (Å²) >= 11 is 0. The lowest BCUT2D eigenvalue weighted by atomic mass is 10.0. The van der Waals surface area contributed by atoms with Crippen LogP contribution in [0.1, 0.15) is 56.4 Å². The topological polar surface area (TPSA) is 69.6 Å². The molecule has 0 unspecified atom stereocenters. The Balaban J connectivity index is 1.53. The second-order valence-corrected chi connectivity index (χ2v) is 8.76. The fourth-order valence-electron chi connectivity index (χ4n) is 4.26. The van der Waals surface area contributed by atoms with Crippen molar-refractivity contribution in [3.8, 4) is 0 Å². The molecule has 0 aromatic carbocycles. The van der Waals surface area contributed by atoms with Crippen LogP contribution in [0.3, 0.4) is 0 Å². The number of nitrogens with zero attached hydrogens (tertiary/aromatic N) is 5. The molecular weight excluding hydrogens is 354 g/mol. The van der Waals surface area contributed by atoms with E-state index in [-0.39, 0.29) is 17.9 Å². The summed E-state index contributed by atoms with van der Waals surface area (Å²) in [5, 5.41) is 0. The number of aromatic nitrogens is 2. The van der Waals surface area contributed by atoms with Gasteiger partial charge in [-0.3, -0.25) is 14.6 Å². The Morgan fingerprint density at radius 2 is 1.93 bits per heavy atom. The molecule has 3 heterocycles. The second kappa shape index (κ2) is 8.05. The van der Waals surface area contributed by atoms with Gasteiger partial charge in [0.1, 0.15) is 11.5 Å². The van der Waals surface area contributed by atoms with Crippen molar-refractivity contribution in [3.63, 3.8) is 0 Å². The van der Waals surface area contributed by atoms with Crippen LogP contribution < -0.4 is 4.90 Å². The van der Waals surface area contributed by atoms with E-state index in [2.05, 4.69) is 33.6 Å². The normalized spacial score (nSPS) is 23.5. The van der Waals surface area contributed by atoms with Crippen LogP contribution in [0.25, 0.3) is 0 Å². The van der Waals surface area contributed by atoms with E-state index >= 15 is 0 Å². The predicted octanol–water partition coefficient (Wildman–Crippen LogP) is 2.19. The summed E-state index contributed by atoms with van der Waals surface area (Å²) in [5.41, 5.74) is 0.408. The van der Waals surface area contributed by atoms with E-state index < -0.39 is 0 Å². The monoisotopic (exact) mass is 385 g/mol. The molecule has 152 valence electrons. The van der Waals surface area contributed by atoms with Crippen molar-refractivity contribution in [1.82, 2.24) is 19.8 Å². The third-order valence-corrected chi connectivity index (χ3v) is 6.20. The molecule has 0 bridgehead atoms. The van der Waals surface area contributed by atoms with Gasteiger partial charge in [0, 0.05) is 39.1 Å². The summed E-state index contributed by atoms with van der Waals surface area (Å²) in [7, 11) is 0. The molecule has 1 aromatic heterocycles. The Kier molecular flexibility index (Phi) is 5.51. The first kappa shape index (κ1) is 19.2. The molecule has 28 heavy (non-hydrogen) atoms. The van der Waals surface area contributed by atoms with Gasteiger partial charge in [-0.25, -0.2) is 4.98 Å². The maximum absolute atomic E-state index is 12.8. The fourth-order valence-corrected chi connectivity index (χ4v) is 4.26. The van der Waals surface area contributed by atoms with Crippen LogP contribution in [0, 0.1) is 11.8 Å². The Morgan fingerprint density at radius 3 is 2.61 bits per heavy atom. The fraction of sp³-hybridized carbons (Fsp3) is 0.714. The molecule has 1 atom stereocenters. The zero-order chi connectivity index (χ0) is 19.7. The Hall–Kier alpha value is -2.18. The number of hydrogen-bond donors (Lipinski definition) is 0. The van der Waals surface area contributed by atoms with E-state index in [0.717, 1.165) is 39.0 Å². The van der Waals surface area contributed by atoms with Gasteiger partial charge in [-0.2, -0.15) is 0 Å². The number of hydrogen-bond acceptors (Lipinski definition) is 5. The van der Waals surface area contributed by atoms with Crippen LogP contribution in [0.2, 0.25) is 0 Å². The average molecular weight is 386 g/mol. The maximum Gasteiger partial charge on any atom is 0.274 e. The molecule has 0 spiro atoms. The van der Waals surface area contributed by atoms with E-state index in [1.807, 2.05) is 4.90 Å². The summed E-state index contributed by atoms with van der Waals surface area (Å²) < 4.78 is 0. The Labute approximate surface area is 167 Å². The van der Waals surface area contributed by atoms with Gasteiger partial charge in [0.25, 0.3) is 5.91 Å². The van der Waals surface area contributed by atoms with Crippen molar-refractivity contribution >= 4 is 17.6 Å². The molecule has 0 N–H and O–H groups in total. The Bertz CT molecular complexity index is 727. The lowest BCUT2D eigenvalue weighted by molar-refractivity contribution is -0.133. The van der Waals surface area contributed by atoms with E-state index in [4.69, 9.17) is 0 Å². The van der Waals surface area contributed by atoms with Crippen molar-refractivity contribution in [1.29, 1.82) is 0 Å². The van der Waals surface area contributed by atoms with Crippen molar-refractivity contribution in [3.05, 3.63) is 18.1 Å². The first-order valence-corrected chi connectivity index (χ1v) is 10.7. The minimum atomic E-state index is -0.0338. The summed E-state index contributed by atoms with van der Waals surface area (Å²) in [6.07, 6.45) is 8.36. The van der Waals surface area contributed by atoms with Crippen molar-refractivity contribution in [2.45, 2.75) is 52.0 Å². The van der Waals surface area contributed by atoms with Gasteiger partial charge in [0.2, 0.25) is 5.91 Å². The SMILES string of the molecule is CC(C)[C@@H]1CN(c2cncc(C(=O)N3CCCC3)n2)CCC(=O)N1CC1CC1. The highest BCUT2D eigenvalue weighted by Gasteiger charge is 2.36. The zero-order valence-electron chi connectivity index (χ0n) is 17.0. The molecule has 7 nitrogen and oxygen atoms in total. The number of rotatable bonds is 5. The first-order valence-electron chi connectivity index (χ1n) is 10.7. The highest BCUT2D eigenvalue weighted by atomic mass is 16.2. The molecule has 1 aromatic rings. The summed E-state index contributed by atoms with van der Waals surface area (Å²) in [4.78, 5) is 40.6. The summed E-state index contributed by atoms with van der Waals surface area (Å²) in [5.74, 6) is 1.96. The number of carbonyl (C=O) groups excluding carboxylic acids is 2. The Morgan fingerprint density at radius 1 is 1.18 bits per heavy atom. The van der Waals surface area contributed by atoms with Crippen molar-refractivity contribution < 1.29 is 9.59 Å². The van der Waals surface area contributed by atoms with Gasteiger partial charge < -0.3 is 14.7 Å². The van der Waals surface area contributed by atoms with Crippen LogP contribution in [0.15, 0.2) is 12.4 Å². The molecule has 7 heteroatoms. The summed E-state index contributed by atoms with van der Waals surface area (Å²) in [6, 6.07) is 0.162. The molecule has 2 amide bonds. The lowest BCUT2D eigenvalue weighted by Gasteiger charge is -2.35. The molecule has 4 rings (SSSR count). The van der Waals surface area contributed by atoms with E-state index in [1.165, 1.54) is 12.8 Å². The van der Waals surface area contributed by atoms with Crippen LogP contribution in [-0.2, 0) is 4.79 Å². The van der Waals surface area contributed by atoms with Gasteiger partial charge in [-0.15, -0.1) is 0 Å². The number of likely N-dealkylation sites (tertiary alicyclic amines) is 1. The molecule has 0 radical (unpaired) electrons. The van der Waals surface area contributed by atoms with Crippen LogP contribution in [0.5, 0.6) is 0 Å². The summed E-state index contributed by atoms with van der Waals surface area (Å²) in [6.45, 7) is 8.21. The number of amides is 2. The molecule has 2 saturated heterocycles. The maximum atomic E-state index is 12.8. The predicted molar refractivity (Wildman–Crippen MR) is 107 cm³/mol. The van der Waals surface area contributed by atoms with E-state index in [9.17, 15) is 9.59 Å². The number of anilines is 1. The van der Waals surface area contributed by atoms with Gasteiger partial charge in [-0.1, -0.05) is 13.8 Å². The highest BCUT2D eigenvalue weighted by molar-refractivity contribution is 5.92. The van der Waals surface area contributed by atoms with Gasteiger partial charge >= 0.3 is 0 Å². The minimum Gasteiger partial charge on any atom is -0.353 e. The van der Waals surface area contributed by atoms with Gasteiger partial charge in [0.15, 0.2) is 0 Å². The second-order valence-electron chi connectivity index (χ2n) is 8.76. The quantitative estimate of drug-likeness (QED) is 0.777. The van der Waals surface area contributed by atoms with E-state index in [1.54, 1.807) is 12.4 Å². The van der Waals surface area contributed by atoms with Crippen LogP contribution in [-0.4, -0.2) is 70.3 Å². The third kappa shape index (κ3) is 4.13. The lowest BCUT2D eigenvalue weighted by Crippen LogP contribution is -2.47. The van der Waals surface area contributed by atoms with Crippen molar-refractivity contribution in [2.24, 2.45) is 11.8 Å². The average Bonchev–Trinajstić information content (AvgIpc) is 3.38. The first-order chi connectivity index (χ1) is 13.5. The smallest absolute Gasteiger partial charge is 0.274 e.